The number of rotatable bonds is 9. The molecule has 0 unspecified atom stereocenters. The van der Waals surface area contributed by atoms with Gasteiger partial charge in [-0.1, -0.05) is 75.2 Å². The highest BCUT2D eigenvalue weighted by atomic mass is 19.3. The minimum absolute atomic E-state index is 0.00314. The van der Waals surface area contributed by atoms with Crippen molar-refractivity contribution in [3.8, 4) is 0 Å². The summed E-state index contributed by atoms with van der Waals surface area (Å²) in [5.74, 6) is 0. The number of ether oxygens (including phenoxy) is 1. The third-order valence-electron chi connectivity index (χ3n) is 4.06. The van der Waals surface area contributed by atoms with Crippen molar-refractivity contribution in [2.24, 2.45) is 0 Å². The van der Waals surface area contributed by atoms with Crippen LogP contribution < -0.4 is 0 Å². The van der Waals surface area contributed by atoms with Gasteiger partial charge in [0.15, 0.2) is 0 Å². The zero-order chi connectivity index (χ0) is 17.4. The average Bonchev–Trinajstić information content (AvgIpc) is 2.57. The second-order valence-electron chi connectivity index (χ2n) is 6.13. The lowest BCUT2D eigenvalue weighted by atomic mass is 10.1. The molecule has 2 aromatic rings. The maximum atomic E-state index is 14.1. The topological polar surface area (TPSA) is 9.23 Å². The van der Waals surface area contributed by atoms with E-state index in [1.165, 1.54) is 17.7 Å². The summed E-state index contributed by atoms with van der Waals surface area (Å²) in [5, 5.41) is 0. The Morgan fingerprint density at radius 2 is 1.12 bits per heavy atom. The smallest absolute Gasteiger partial charge is 0.316 e. The van der Waals surface area contributed by atoms with Crippen molar-refractivity contribution in [3.05, 3.63) is 70.8 Å². The first-order valence-electron chi connectivity index (χ1n) is 8.74. The number of hydrogen-bond donors (Lipinski definition) is 0. The zero-order valence-corrected chi connectivity index (χ0v) is 14.5. The fourth-order valence-electron chi connectivity index (χ4n) is 2.70. The standard InChI is InChI=1S/C21H26F2O/c1-3-5-17-7-9-19(10-8-17)15-16-24-21(22,23)20-13-11-18(6-4-2)12-14-20/h7-14H,3-6,15-16H2,1-2H3. The number of aryl methyl sites for hydroxylation is 2. The Labute approximate surface area is 143 Å². The van der Waals surface area contributed by atoms with E-state index < -0.39 is 6.11 Å². The van der Waals surface area contributed by atoms with Crippen molar-refractivity contribution in [3.63, 3.8) is 0 Å². The molecule has 1 nitrogen and oxygen atoms in total. The first-order chi connectivity index (χ1) is 11.5. The summed E-state index contributed by atoms with van der Waals surface area (Å²) in [6.45, 7) is 4.20. The van der Waals surface area contributed by atoms with Crippen LogP contribution in [0, 0.1) is 0 Å². The van der Waals surface area contributed by atoms with E-state index in [1.807, 2.05) is 12.1 Å². The van der Waals surface area contributed by atoms with E-state index in [0.29, 0.717) is 6.42 Å². The lowest BCUT2D eigenvalue weighted by Crippen LogP contribution is -2.19. The largest absolute Gasteiger partial charge is 0.383 e. The molecule has 0 atom stereocenters. The van der Waals surface area contributed by atoms with Gasteiger partial charge in [0.1, 0.15) is 0 Å². The van der Waals surface area contributed by atoms with Gasteiger partial charge in [-0.3, -0.25) is 0 Å². The lowest BCUT2D eigenvalue weighted by molar-refractivity contribution is -0.248. The molecule has 130 valence electrons. The minimum Gasteiger partial charge on any atom is -0.316 e. The highest BCUT2D eigenvalue weighted by Gasteiger charge is 2.32. The highest BCUT2D eigenvalue weighted by Crippen LogP contribution is 2.29. The lowest BCUT2D eigenvalue weighted by Gasteiger charge is -2.17. The second kappa shape index (κ2) is 8.93. The molecule has 2 rings (SSSR count). The van der Waals surface area contributed by atoms with Crippen LogP contribution in [0.25, 0.3) is 0 Å². The molecule has 0 fully saturated rings. The van der Waals surface area contributed by atoms with E-state index in [2.05, 4.69) is 26.0 Å². The zero-order valence-electron chi connectivity index (χ0n) is 14.5. The molecule has 0 N–H and O–H groups in total. The van der Waals surface area contributed by atoms with Crippen LogP contribution in [0.3, 0.4) is 0 Å². The molecule has 2 aromatic carbocycles. The van der Waals surface area contributed by atoms with Crippen LogP contribution >= 0.6 is 0 Å². The Morgan fingerprint density at radius 1 is 0.708 bits per heavy atom. The number of hydrogen-bond acceptors (Lipinski definition) is 1. The van der Waals surface area contributed by atoms with Crippen LogP contribution in [-0.4, -0.2) is 6.61 Å². The summed E-state index contributed by atoms with van der Waals surface area (Å²) in [5.41, 5.74) is 3.29. The van der Waals surface area contributed by atoms with E-state index in [1.54, 1.807) is 12.1 Å². The minimum atomic E-state index is -3.24. The Kier molecular flexibility index (Phi) is 6.92. The van der Waals surface area contributed by atoms with Crippen LogP contribution in [0.2, 0.25) is 0 Å². The van der Waals surface area contributed by atoms with Gasteiger partial charge >= 0.3 is 6.11 Å². The third kappa shape index (κ3) is 5.41. The maximum absolute atomic E-state index is 14.1. The first kappa shape index (κ1) is 18.6. The predicted octanol–water partition coefficient (Wildman–Crippen LogP) is 5.90. The normalized spacial score (nSPS) is 11.7. The van der Waals surface area contributed by atoms with Gasteiger partial charge in [-0.05, 0) is 36.0 Å². The third-order valence-corrected chi connectivity index (χ3v) is 4.06. The summed E-state index contributed by atoms with van der Waals surface area (Å²) in [4.78, 5) is 0. The van der Waals surface area contributed by atoms with Crippen molar-refractivity contribution in [1.82, 2.24) is 0 Å². The van der Waals surface area contributed by atoms with Crippen molar-refractivity contribution in [2.45, 2.75) is 52.1 Å². The van der Waals surface area contributed by atoms with Crippen molar-refractivity contribution >= 4 is 0 Å². The molecule has 3 heteroatoms. The Hall–Kier alpha value is -1.74. The van der Waals surface area contributed by atoms with Crippen LogP contribution in [0.5, 0.6) is 0 Å². The highest BCUT2D eigenvalue weighted by molar-refractivity contribution is 5.25. The quantitative estimate of drug-likeness (QED) is 0.555. The number of benzene rings is 2. The fourth-order valence-corrected chi connectivity index (χ4v) is 2.70. The molecule has 0 radical (unpaired) electrons. The van der Waals surface area contributed by atoms with Crippen LogP contribution in [-0.2, 0) is 30.1 Å². The van der Waals surface area contributed by atoms with E-state index in [0.717, 1.165) is 36.8 Å². The predicted molar refractivity (Wildman–Crippen MR) is 94.4 cm³/mol. The average molecular weight is 332 g/mol. The van der Waals surface area contributed by atoms with Gasteiger partial charge in [-0.15, -0.1) is 0 Å². The Balaban J connectivity index is 1.87. The monoisotopic (exact) mass is 332 g/mol. The summed E-state index contributed by atoms with van der Waals surface area (Å²) < 4.78 is 33.1. The van der Waals surface area contributed by atoms with Crippen LogP contribution in [0.1, 0.15) is 48.9 Å². The molecule has 0 bridgehead atoms. The number of halogens is 2. The van der Waals surface area contributed by atoms with E-state index in [-0.39, 0.29) is 12.2 Å². The number of alkyl halides is 2. The summed E-state index contributed by atoms with van der Waals surface area (Å²) >= 11 is 0. The van der Waals surface area contributed by atoms with Crippen LogP contribution in [0.15, 0.2) is 48.5 Å². The fraction of sp³-hybridized carbons (Fsp3) is 0.429. The Bertz CT molecular complexity index is 603. The SMILES string of the molecule is CCCc1ccc(CCOC(F)(F)c2ccc(CCC)cc2)cc1. The molecule has 0 aromatic heterocycles. The summed E-state index contributed by atoms with van der Waals surface area (Å²) in [6.07, 6.45) is 1.29. The van der Waals surface area contributed by atoms with Gasteiger partial charge in [-0.2, -0.15) is 8.78 Å². The van der Waals surface area contributed by atoms with E-state index in [9.17, 15) is 8.78 Å². The van der Waals surface area contributed by atoms with Gasteiger partial charge in [0, 0.05) is 0 Å². The molecule has 0 amide bonds. The van der Waals surface area contributed by atoms with Crippen LogP contribution in [0.4, 0.5) is 8.78 Å². The molecular weight excluding hydrogens is 306 g/mol. The molecule has 0 spiro atoms. The maximum Gasteiger partial charge on any atom is 0.383 e. The van der Waals surface area contributed by atoms with Gasteiger partial charge in [0.25, 0.3) is 0 Å². The van der Waals surface area contributed by atoms with Crippen molar-refractivity contribution < 1.29 is 13.5 Å². The first-order valence-corrected chi connectivity index (χ1v) is 8.74. The molecule has 0 saturated heterocycles. The summed E-state index contributed by atoms with van der Waals surface area (Å²) in [6, 6.07) is 14.5. The Morgan fingerprint density at radius 3 is 1.58 bits per heavy atom. The molecule has 0 aliphatic carbocycles. The molecule has 0 heterocycles. The summed E-state index contributed by atoms with van der Waals surface area (Å²) in [7, 11) is 0. The van der Waals surface area contributed by atoms with E-state index in [4.69, 9.17) is 4.74 Å². The molecule has 0 saturated carbocycles. The van der Waals surface area contributed by atoms with Crippen molar-refractivity contribution in [1.29, 1.82) is 0 Å². The van der Waals surface area contributed by atoms with Gasteiger partial charge < -0.3 is 4.74 Å². The molecule has 24 heavy (non-hydrogen) atoms. The van der Waals surface area contributed by atoms with E-state index >= 15 is 0 Å². The van der Waals surface area contributed by atoms with Gasteiger partial charge in [0.05, 0.1) is 12.2 Å². The van der Waals surface area contributed by atoms with Crippen molar-refractivity contribution in [2.75, 3.05) is 6.61 Å². The second-order valence-corrected chi connectivity index (χ2v) is 6.13. The molecular formula is C21H26F2O. The molecule has 0 aliphatic heterocycles. The molecule has 0 aliphatic rings. The van der Waals surface area contributed by atoms with Gasteiger partial charge in [0.2, 0.25) is 0 Å². The van der Waals surface area contributed by atoms with Gasteiger partial charge in [-0.25, -0.2) is 0 Å².